The topological polar surface area (TPSA) is 65.4 Å². The molecule has 0 bridgehead atoms. The maximum Gasteiger partial charge on any atom is 0.255 e. The number of imidazole rings is 1. The first kappa shape index (κ1) is 20.5. The lowest BCUT2D eigenvalue weighted by atomic mass is 10.2. The Kier molecular flexibility index (Phi) is 6.17. The number of nitrogens with zero attached hydrogens (tertiary/aromatic N) is 2. The third kappa shape index (κ3) is 4.69. The number of para-hydroxylation sites is 3. The number of benzene rings is 3. The van der Waals surface area contributed by atoms with Gasteiger partial charge in [-0.25, -0.2) is 4.98 Å². The Hall–Kier alpha value is -3.80. The van der Waals surface area contributed by atoms with Gasteiger partial charge in [-0.1, -0.05) is 36.4 Å². The number of carbonyl (C=O) groups excluding carboxylic acids is 1. The molecule has 0 aliphatic heterocycles. The van der Waals surface area contributed by atoms with E-state index in [0.717, 1.165) is 28.2 Å². The normalized spacial score (nSPS) is 10.8. The largest absolute Gasteiger partial charge is 0.496 e. The molecule has 1 heterocycles. The Morgan fingerprint density at radius 1 is 1.03 bits per heavy atom. The van der Waals surface area contributed by atoms with Gasteiger partial charge in [0.25, 0.3) is 5.91 Å². The quantitative estimate of drug-likeness (QED) is 0.464. The molecule has 1 aromatic heterocycles. The van der Waals surface area contributed by atoms with Gasteiger partial charge in [0.2, 0.25) is 0 Å². The van der Waals surface area contributed by atoms with Crippen LogP contribution in [0.25, 0.3) is 11.0 Å². The van der Waals surface area contributed by atoms with Gasteiger partial charge in [0, 0.05) is 0 Å². The van der Waals surface area contributed by atoms with Crippen molar-refractivity contribution in [2.24, 2.45) is 0 Å². The van der Waals surface area contributed by atoms with E-state index < -0.39 is 0 Å². The molecule has 0 aliphatic carbocycles. The first-order chi connectivity index (χ1) is 15.2. The third-order valence-corrected chi connectivity index (χ3v) is 5.07. The van der Waals surface area contributed by atoms with E-state index in [1.54, 1.807) is 19.2 Å². The molecule has 1 amide bonds. The fourth-order valence-corrected chi connectivity index (χ4v) is 3.56. The summed E-state index contributed by atoms with van der Waals surface area (Å²) in [5.41, 5.74) is 3.55. The van der Waals surface area contributed by atoms with Crippen molar-refractivity contribution in [1.82, 2.24) is 14.9 Å². The van der Waals surface area contributed by atoms with Crippen LogP contribution >= 0.6 is 0 Å². The number of methoxy groups -OCH3 is 1. The van der Waals surface area contributed by atoms with Crippen LogP contribution in [0.3, 0.4) is 0 Å². The molecule has 1 N–H and O–H groups in total. The highest BCUT2D eigenvalue weighted by molar-refractivity contribution is 5.96. The number of carbonyl (C=O) groups is 1. The summed E-state index contributed by atoms with van der Waals surface area (Å²) in [5.74, 6) is 1.96. The van der Waals surface area contributed by atoms with Crippen LogP contribution in [0.15, 0.2) is 72.8 Å². The second-order valence-electron chi connectivity index (χ2n) is 7.22. The number of amides is 1. The first-order valence-corrected chi connectivity index (χ1v) is 10.2. The zero-order chi connectivity index (χ0) is 21.6. The number of aromatic nitrogens is 2. The molecule has 31 heavy (non-hydrogen) atoms. The molecule has 6 heteroatoms. The van der Waals surface area contributed by atoms with Gasteiger partial charge in [-0.15, -0.1) is 0 Å². The van der Waals surface area contributed by atoms with Crippen LogP contribution in [0.5, 0.6) is 11.5 Å². The van der Waals surface area contributed by atoms with E-state index in [2.05, 4.69) is 9.88 Å². The van der Waals surface area contributed by atoms with Crippen LogP contribution in [0.1, 0.15) is 21.7 Å². The van der Waals surface area contributed by atoms with E-state index in [1.807, 2.05) is 67.6 Å². The number of rotatable bonds is 8. The lowest BCUT2D eigenvalue weighted by Gasteiger charge is -2.12. The molecule has 0 radical (unpaired) electrons. The summed E-state index contributed by atoms with van der Waals surface area (Å²) in [6.07, 6.45) is 0. The van der Waals surface area contributed by atoms with E-state index >= 15 is 0 Å². The van der Waals surface area contributed by atoms with E-state index in [1.165, 1.54) is 0 Å². The molecule has 0 aliphatic rings. The standard InChI is InChI=1S/C25H25N3O3/c1-18-8-7-9-19(16-18)31-15-14-28-22-12-5-4-11-21(22)27-24(28)17-26-25(29)20-10-3-6-13-23(20)30-2/h3-13,16H,14-15,17H2,1-2H3,(H,26,29). The third-order valence-electron chi connectivity index (χ3n) is 5.07. The van der Waals surface area contributed by atoms with Crippen molar-refractivity contribution in [1.29, 1.82) is 0 Å². The Labute approximate surface area is 181 Å². The molecule has 4 aromatic rings. The number of aryl methyl sites for hydroxylation is 1. The fourth-order valence-electron chi connectivity index (χ4n) is 3.56. The number of hydrogen-bond donors (Lipinski definition) is 1. The maximum atomic E-state index is 12.7. The summed E-state index contributed by atoms with van der Waals surface area (Å²) >= 11 is 0. The summed E-state index contributed by atoms with van der Waals surface area (Å²) in [4.78, 5) is 17.4. The summed E-state index contributed by atoms with van der Waals surface area (Å²) in [6, 6.07) is 23.1. The van der Waals surface area contributed by atoms with Gasteiger partial charge in [0.1, 0.15) is 23.9 Å². The second kappa shape index (κ2) is 9.34. The van der Waals surface area contributed by atoms with Crippen LogP contribution in [-0.4, -0.2) is 29.2 Å². The van der Waals surface area contributed by atoms with Crippen LogP contribution < -0.4 is 14.8 Å². The lowest BCUT2D eigenvalue weighted by molar-refractivity contribution is 0.0946. The first-order valence-electron chi connectivity index (χ1n) is 10.2. The predicted octanol–water partition coefficient (Wildman–Crippen LogP) is 4.36. The molecular weight excluding hydrogens is 390 g/mol. The minimum Gasteiger partial charge on any atom is -0.496 e. The Bertz CT molecular complexity index is 1200. The Balaban J connectivity index is 1.50. The van der Waals surface area contributed by atoms with Crippen molar-refractivity contribution >= 4 is 16.9 Å². The van der Waals surface area contributed by atoms with Gasteiger partial charge in [-0.3, -0.25) is 4.79 Å². The van der Waals surface area contributed by atoms with Gasteiger partial charge >= 0.3 is 0 Å². The van der Waals surface area contributed by atoms with Crippen LogP contribution in [0, 0.1) is 6.92 Å². The zero-order valence-electron chi connectivity index (χ0n) is 17.7. The minimum atomic E-state index is -0.202. The summed E-state index contributed by atoms with van der Waals surface area (Å²) in [5, 5.41) is 2.96. The predicted molar refractivity (Wildman–Crippen MR) is 121 cm³/mol. The van der Waals surface area contributed by atoms with E-state index in [9.17, 15) is 4.79 Å². The number of fused-ring (bicyclic) bond motifs is 1. The van der Waals surface area contributed by atoms with Crippen molar-refractivity contribution in [2.75, 3.05) is 13.7 Å². The summed E-state index contributed by atoms with van der Waals surface area (Å²) in [6.45, 7) is 3.46. The van der Waals surface area contributed by atoms with Crippen molar-refractivity contribution < 1.29 is 14.3 Å². The van der Waals surface area contributed by atoms with Crippen molar-refractivity contribution in [3.63, 3.8) is 0 Å². The average molecular weight is 415 g/mol. The molecular formula is C25H25N3O3. The molecule has 0 saturated heterocycles. The van der Waals surface area contributed by atoms with Crippen LogP contribution in [0.2, 0.25) is 0 Å². The van der Waals surface area contributed by atoms with Crippen LogP contribution in [0.4, 0.5) is 0 Å². The molecule has 6 nitrogen and oxygen atoms in total. The van der Waals surface area contributed by atoms with Crippen LogP contribution in [-0.2, 0) is 13.1 Å². The Morgan fingerprint density at radius 3 is 2.68 bits per heavy atom. The molecule has 3 aromatic carbocycles. The summed E-state index contributed by atoms with van der Waals surface area (Å²) in [7, 11) is 1.56. The van der Waals surface area contributed by atoms with Gasteiger partial charge in [0.05, 0.1) is 36.8 Å². The highest BCUT2D eigenvalue weighted by atomic mass is 16.5. The van der Waals surface area contributed by atoms with Crippen molar-refractivity contribution in [2.45, 2.75) is 20.0 Å². The highest BCUT2D eigenvalue weighted by Gasteiger charge is 2.15. The molecule has 0 fully saturated rings. The Morgan fingerprint density at radius 2 is 1.84 bits per heavy atom. The molecule has 0 spiro atoms. The maximum absolute atomic E-state index is 12.7. The molecule has 0 atom stereocenters. The smallest absolute Gasteiger partial charge is 0.255 e. The van der Waals surface area contributed by atoms with Gasteiger partial charge in [-0.2, -0.15) is 0 Å². The molecule has 4 rings (SSSR count). The van der Waals surface area contributed by atoms with Gasteiger partial charge < -0.3 is 19.4 Å². The highest BCUT2D eigenvalue weighted by Crippen LogP contribution is 2.19. The number of ether oxygens (including phenoxy) is 2. The monoisotopic (exact) mass is 415 g/mol. The summed E-state index contributed by atoms with van der Waals surface area (Å²) < 4.78 is 13.3. The van der Waals surface area contributed by atoms with Gasteiger partial charge in [-0.05, 0) is 48.9 Å². The fraction of sp³-hybridized carbons (Fsp3) is 0.200. The molecule has 158 valence electrons. The SMILES string of the molecule is COc1ccccc1C(=O)NCc1nc2ccccc2n1CCOc1cccc(C)c1. The van der Waals surface area contributed by atoms with Crippen molar-refractivity contribution in [3.8, 4) is 11.5 Å². The average Bonchev–Trinajstić information content (AvgIpc) is 3.15. The lowest BCUT2D eigenvalue weighted by Crippen LogP contribution is -2.25. The second-order valence-corrected chi connectivity index (χ2v) is 7.22. The minimum absolute atomic E-state index is 0.202. The number of hydrogen-bond acceptors (Lipinski definition) is 4. The van der Waals surface area contributed by atoms with E-state index in [0.29, 0.717) is 31.0 Å². The number of nitrogens with one attached hydrogen (secondary N) is 1. The van der Waals surface area contributed by atoms with E-state index in [4.69, 9.17) is 14.5 Å². The van der Waals surface area contributed by atoms with Crippen molar-refractivity contribution in [3.05, 3.63) is 89.7 Å². The van der Waals surface area contributed by atoms with E-state index in [-0.39, 0.29) is 5.91 Å². The molecule has 0 unspecified atom stereocenters. The zero-order valence-corrected chi connectivity index (χ0v) is 17.7. The molecule has 0 saturated carbocycles. The van der Waals surface area contributed by atoms with Gasteiger partial charge in [0.15, 0.2) is 0 Å².